The summed E-state index contributed by atoms with van der Waals surface area (Å²) in [6, 6.07) is 15.2. The molecule has 2 aromatic carbocycles. The average molecular weight is 456 g/mol. The lowest BCUT2D eigenvalue weighted by Crippen LogP contribution is -2.43. The third-order valence-corrected chi connectivity index (χ3v) is 6.16. The number of anilines is 1. The lowest BCUT2D eigenvalue weighted by atomic mass is 10.1. The lowest BCUT2D eigenvalue weighted by Gasteiger charge is -2.25. The Balaban J connectivity index is 1.63. The molecule has 1 fully saturated rings. The molecule has 3 rings (SSSR count). The second-order valence-electron chi connectivity index (χ2n) is 8.09. The number of carbonyl (C=O) groups is 3. The predicted octanol–water partition coefficient (Wildman–Crippen LogP) is 4.04. The van der Waals surface area contributed by atoms with Crippen molar-refractivity contribution in [1.29, 1.82) is 0 Å². The second-order valence-corrected chi connectivity index (χ2v) is 8.50. The van der Waals surface area contributed by atoms with Crippen LogP contribution in [0.5, 0.6) is 0 Å². The van der Waals surface area contributed by atoms with Gasteiger partial charge in [-0.15, -0.1) is 0 Å². The molecular weight excluding hydrogens is 426 g/mol. The highest BCUT2D eigenvalue weighted by Gasteiger charge is 2.33. The van der Waals surface area contributed by atoms with Crippen molar-refractivity contribution in [3.63, 3.8) is 0 Å². The first-order valence-corrected chi connectivity index (χ1v) is 11.4. The molecule has 170 valence electrons. The number of aryl methyl sites for hydroxylation is 1. The Morgan fingerprint density at radius 1 is 1.09 bits per heavy atom. The van der Waals surface area contributed by atoms with Crippen LogP contribution >= 0.6 is 11.6 Å². The number of nitrogens with zero attached hydrogens (tertiary/aromatic N) is 3. The van der Waals surface area contributed by atoms with E-state index in [1.54, 1.807) is 21.9 Å². The molecular formula is C25H30ClN3O3. The van der Waals surface area contributed by atoms with E-state index in [0.717, 1.165) is 24.0 Å². The molecule has 0 spiro atoms. The number of carbonyl (C=O) groups excluding carboxylic acids is 3. The first-order valence-electron chi connectivity index (χ1n) is 11.1. The molecule has 0 N–H and O–H groups in total. The van der Waals surface area contributed by atoms with Crippen LogP contribution in [-0.2, 0) is 20.8 Å². The lowest BCUT2D eigenvalue weighted by molar-refractivity contribution is -0.140. The molecule has 1 heterocycles. The van der Waals surface area contributed by atoms with E-state index in [1.165, 1.54) is 4.90 Å². The van der Waals surface area contributed by atoms with Crippen LogP contribution in [0.15, 0.2) is 48.5 Å². The van der Waals surface area contributed by atoms with Gasteiger partial charge in [-0.05, 0) is 43.0 Å². The number of unbranched alkanes of at least 4 members (excludes halogenated alkanes) is 1. The van der Waals surface area contributed by atoms with Crippen molar-refractivity contribution >= 4 is 35.0 Å². The molecule has 0 atom stereocenters. The standard InChI is InChI=1S/C25H30ClN3O3/c1-3-4-15-27(23(30)14-13-20-9-6-5-7-10-20)16-24(31)28-17-25(32)29(18-28)22-12-8-11-21(26)19(22)2/h5-12H,3-4,13-18H2,1-2H3. The molecule has 1 aliphatic rings. The highest BCUT2D eigenvalue weighted by Crippen LogP contribution is 2.28. The quantitative estimate of drug-likeness (QED) is 0.573. The van der Waals surface area contributed by atoms with Crippen LogP contribution in [0.1, 0.15) is 37.3 Å². The summed E-state index contributed by atoms with van der Waals surface area (Å²) in [6.45, 7) is 4.60. The second kappa shape index (κ2) is 11.1. The monoisotopic (exact) mass is 455 g/mol. The maximum absolute atomic E-state index is 13.0. The van der Waals surface area contributed by atoms with Crippen molar-refractivity contribution < 1.29 is 14.4 Å². The maximum Gasteiger partial charge on any atom is 0.248 e. The van der Waals surface area contributed by atoms with E-state index in [-0.39, 0.29) is 37.5 Å². The first-order chi connectivity index (χ1) is 15.4. The summed E-state index contributed by atoms with van der Waals surface area (Å²) in [5, 5.41) is 0.579. The van der Waals surface area contributed by atoms with Crippen LogP contribution in [0.2, 0.25) is 5.02 Å². The van der Waals surface area contributed by atoms with E-state index in [2.05, 4.69) is 6.92 Å². The van der Waals surface area contributed by atoms with Crippen LogP contribution in [0.25, 0.3) is 0 Å². The number of hydrogen-bond acceptors (Lipinski definition) is 3. The van der Waals surface area contributed by atoms with Crippen molar-refractivity contribution in [2.24, 2.45) is 0 Å². The molecule has 1 saturated heterocycles. The van der Waals surface area contributed by atoms with Gasteiger partial charge < -0.3 is 9.80 Å². The Morgan fingerprint density at radius 3 is 2.56 bits per heavy atom. The topological polar surface area (TPSA) is 60.9 Å². The highest BCUT2D eigenvalue weighted by molar-refractivity contribution is 6.31. The number of benzene rings is 2. The van der Waals surface area contributed by atoms with Gasteiger partial charge >= 0.3 is 0 Å². The molecule has 6 nitrogen and oxygen atoms in total. The predicted molar refractivity (Wildman–Crippen MR) is 127 cm³/mol. The van der Waals surface area contributed by atoms with Gasteiger partial charge in [0, 0.05) is 23.7 Å². The van der Waals surface area contributed by atoms with Gasteiger partial charge in [-0.25, -0.2) is 0 Å². The minimum absolute atomic E-state index is 0.00457. The van der Waals surface area contributed by atoms with Crippen LogP contribution < -0.4 is 4.90 Å². The largest absolute Gasteiger partial charge is 0.333 e. The fraction of sp³-hybridized carbons (Fsp3) is 0.400. The van der Waals surface area contributed by atoms with E-state index in [4.69, 9.17) is 11.6 Å². The van der Waals surface area contributed by atoms with Crippen molar-refractivity contribution in [2.75, 3.05) is 31.2 Å². The highest BCUT2D eigenvalue weighted by atomic mass is 35.5. The van der Waals surface area contributed by atoms with Crippen LogP contribution in [0.4, 0.5) is 5.69 Å². The van der Waals surface area contributed by atoms with Crippen LogP contribution in [-0.4, -0.2) is 53.8 Å². The molecule has 3 amide bonds. The summed E-state index contributed by atoms with van der Waals surface area (Å²) in [7, 11) is 0. The van der Waals surface area contributed by atoms with E-state index < -0.39 is 0 Å². The Hall–Kier alpha value is -2.86. The van der Waals surface area contributed by atoms with Gasteiger partial charge in [0.1, 0.15) is 13.2 Å². The molecule has 0 bridgehead atoms. The number of halogens is 1. The Labute approximate surface area is 194 Å². The summed E-state index contributed by atoms with van der Waals surface area (Å²) in [5.74, 6) is -0.410. The fourth-order valence-corrected chi connectivity index (χ4v) is 3.94. The molecule has 0 aliphatic carbocycles. The van der Waals surface area contributed by atoms with Gasteiger partial charge in [0.15, 0.2) is 0 Å². The van der Waals surface area contributed by atoms with Gasteiger partial charge in [0.05, 0.1) is 6.54 Å². The minimum Gasteiger partial charge on any atom is -0.333 e. The fourth-order valence-electron chi connectivity index (χ4n) is 3.77. The summed E-state index contributed by atoms with van der Waals surface area (Å²) in [6.07, 6.45) is 2.76. The van der Waals surface area contributed by atoms with Crippen LogP contribution in [0.3, 0.4) is 0 Å². The molecule has 7 heteroatoms. The summed E-state index contributed by atoms with van der Waals surface area (Å²) in [5.41, 5.74) is 2.61. The summed E-state index contributed by atoms with van der Waals surface area (Å²) >= 11 is 6.20. The molecule has 2 aromatic rings. The summed E-state index contributed by atoms with van der Waals surface area (Å²) < 4.78 is 0. The molecule has 0 unspecified atom stereocenters. The third-order valence-electron chi connectivity index (χ3n) is 5.75. The third kappa shape index (κ3) is 5.88. The SMILES string of the molecule is CCCCN(CC(=O)N1CC(=O)N(c2cccc(Cl)c2C)C1)C(=O)CCc1ccccc1. The van der Waals surface area contributed by atoms with Crippen molar-refractivity contribution in [1.82, 2.24) is 9.80 Å². The van der Waals surface area contributed by atoms with E-state index in [0.29, 0.717) is 30.1 Å². The van der Waals surface area contributed by atoms with Crippen molar-refractivity contribution in [3.05, 3.63) is 64.7 Å². The number of rotatable bonds is 9. The molecule has 0 saturated carbocycles. The molecule has 32 heavy (non-hydrogen) atoms. The number of hydrogen-bond donors (Lipinski definition) is 0. The smallest absolute Gasteiger partial charge is 0.248 e. The van der Waals surface area contributed by atoms with Gasteiger partial charge in [0.25, 0.3) is 0 Å². The molecule has 0 aromatic heterocycles. The van der Waals surface area contributed by atoms with Crippen molar-refractivity contribution in [2.45, 2.75) is 39.5 Å². The number of amides is 3. The molecule has 1 aliphatic heterocycles. The van der Waals surface area contributed by atoms with Gasteiger partial charge in [0.2, 0.25) is 17.7 Å². The zero-order valence-electron chi connectivity index (χ0n) is 18.7. The zero-order chi connectivity index (χ0) is 23.1. The van der Waals surface area contributed by atoms with E-state index in [1.807, 2.05) is 43.3 Å². The Morgan fingerprint density at radius 2 is 1.84 bits per heavy atom. The van der Waals surface area contributed by atoms with Gasteiger partial charge in [-0.2, -0.15) is 0 Å². The van der Waals surface area contributed by atoms with Gasteiger partial charge in [-0.3, -0.25) is 19.3 Å². The molecule has 0 radical (unpaired) electrons. The first kappa shape index (κ1) is 23.8. The van der Waals surface area contributed by atoms with Gasteiger partial charge in [-0.1, -0.05) is 61.3 Å². The minimum atomic E-state index is -0.218. The average Bonchev–Trinajstić information content (AvgIpc) is 3.19. The van der Waals surface area contributed by atoms with E-state index in [9.17, 15) is 14.4 Å². The zero-order valence-corrected chi connectivity index (χ0v) is 19.5. The van der Waals surface area contributed by atoms with Crippen LogP contribution in [0, 0.1) is 6.92 Å². The Kier molecular flexibility index (Phi) is 8.28. The summed E-state index contributed by atoms with van der Waals surface area (Å²) in [4.78, 5) is 43.2. The van der Waals surface area contributed by atoms with E-state index >= 15 is 0 Å². The Bertz CT molecular complexity index is 964. The normalized spacial score (nSPS) is 13.5. The maximum atomic E-state index is 13.0. The van der Waals surface area contributed by atoms with Crippen molar-refractivity contribution in [3.8, 4) is 0 Å².